The predicted molar refractivity (Wildman–Crippen MR) is 108 cm³/mol. The van der Waals surface area contributed by atoms with E-state index in [4.69, 9.17) is 0 Å². The molecule has 0 radical (unpaired) electrons. The summed E-state index contributed by atoms with van der Waals surface area (Å²) in [6.07, 6.45) is 7.80. The van der Waals surface area contributed by atoms with Gasteiger partial charge in [-0.3, -0.25) is 9.59 Å². The van der Waals surface area contributed by atoms with E-state index in [1.165, 1.54) is 11.1 Å². The third kappa shape index (κ3) is 4.79. The molecule has 3 rings (SSSR count). The van der Waals surface area contributed by atoms with E-state index in [2.05, 4.69) is 43.1 Å². The number of likely N-dealkylation sites (tertiary alicyclic amines) is 1. The number of nitrogens with zero attached hydrogens (tertiary/aromatic N) is 1. The minimum absolute atomic E-state index is 0.0361. The van der Waals surface area contributed by atoms with Gasteiger partial charge in [-0.2, -0.15) is 0 Å². The second-order valence-electron chi connectivity index (χ2n) is 7.98. The zero-order valence-corrected chi connectivity index (χ0v) is 16.5. The first-order valence-electron chi connectivity index (χ1n) is 10.4. The summed E-state index contributed by atoms with van der Waals surface area (Å²) in [5.74, 6) is 0.510. The monoisotopic (exact) mass is 368 g/mol. The normalized spacial score (nSPS) is 23.2. The molecule has 1 aromatic carbocycles. The van der Waals surface area contributed by atoms with Crippen molar-refractivity contribution in [1.29, 1.82) is 0 Å². The molecule has 1 N–H and O–H groups in total. The number of piperidine rings is 1. The minimum atomic E-state index is -0.153. The van der Waals surface area contributed by atoms with E-state index >= 15 is 0 Å². The van der Waals surface area contributed by atoms with Gasteiger partial charge in [0.05, 0.1) is 5.92 Å². The molecule has 1 aromatic rings. The Morgan fingerprint density at radius 2 is 1.85 bits per heavy atom. The fraction of sp³-hybridized carbons (Fsp3) is 0.565. The largest absolute Gasteiger partial charge is 0.352 e. The standard InChI is InChI=1S/C23H32N2O2/c1-3-13-24-22(26)21-14-20(18-11-9-17(4-2)10-12-18)15-25(16-21)23(27)19-7-5-6-8-19/h3,9-12,19-21H,1,4-8,13-16H2,2H3,(H,24,26). The van der Waals surface area contributed by atoms with Crippen molar-refractivity contribution in [2.24, 2.45) is 11.8 Å². The van der Waals surface area contributed by atoms with Gasteiger partial charge >= 0.3 is 0 Å². The lowest BCUT2D eigenvalue weighted by atomic mass is 9.83. The van der Waals surface area contributed by atoms with E-state index < -0.39 is 0 Å². The molecule has 2 atom stereocenters. The molecule has 0 spiro atoms. The smallest absolute Gasteiger partial charge is 0.225 e. The number of amides is 2. The van der Waals surface area contributed by atoms with Crippen LogP contribution in [0.15, 0.2) is 36.9 Å². The molecule has 2 unspecified atom stereocenters. The molecule has 1 aliphatic carbocycles. The molecule has 2 fully saturated rings. The molecule has 146 valence electrons. The first kappa shape index (κ1) is 19.7. The van der Waals surface area contributed by atoms with Crippen LogP contribution in [0.3, 0.4) is 0 Å². The number of rotatable bonds is 6. The number of aryl methyl sites for hydroxylation is 1. The van der Waals surface area contributed by atoms with Crippen molar-refractivity contribution in [3.63, 3.8) is 0 Å². The Bertz CT molecular complexity index is 661. The van der Waals surface area contributed by atoms with Crippen molar-refractivity contribution in [2.45, 2.75) is 51.4 Å². The quantitative estimate of drug-likeness (QED) is 0.779. The van der Waals surface area contributed by atoms with Gasteiger partial charge in [0, 0.05) is 31.5 Å². The number of hydrogen-bond donors (Lipinski definition) is 1. The summed E-state index contributed by atoms with van der Waals surface area (Å²) in [6, 6.07) is 8.68. The molecule has 1 heterocycles. The predicted octanol–water partition coefficient (Wildman–Crippen LogP) is 3.67. The summed E-state index contributed by atoms with van der Waals surface area (Å²) in [6.45, 7) is 7.57. The molecular formula is C23H32N2O2. The van der Waals surface area contributed by atoms with Crippen LogP contribution < -0.4 is 5.32 Å². The number of carbonyl (C=O) groups is 2. The average Bonchev–Trinajstić information content (AvgIpc) is 3.26. The van der Waals surface area contributed by atoms with E-state index in [0.29, 0.717) is 13.1 Å². The highest BCUT2D eigenvalue weighted by Crippen LogP contribution is 2.34. The number of carbonyl (C=O) groups excluding carboxylic acids is 2. The second kappa shape index (κ2) is 9.20. The van der Waals surface area contributed by atoms with Gasteiger partial charge in [0.25, 0.3) is 0 Å². The summed E-state index contributed by atoms with van der Waals surface area (Å²) < 4.78 is 0. The van der Waals surface area contributed by atoms with Crippen molar-refractivity contribution in [3.05, 3.63) is 48.0 Å². The van der Waals surface area contributed by atoms with Gasteiger partial charge < -0.3 is 10.2 Å². The Labute approximate surface area is 163 Å². The summed E-state index contributed by atoms with van der Waals surface area (Å²) >= 11 is 0. The molecule has 4 nitrogen and oxygen atoms in total. The summed E-state index contributed by atoms with van der Waals surface area (Å²) in [5, 5.41) is 2.93. The lowest BCUT2D eigenvalue weighted by molar-refractivity contribution is -0.139. The molecule has 0 aromatic heterocycles. The summed E-state index contributed by atoms with van der Waals surface area (Å²) in [4.78, 5) is 27.6. The van der Waals surface area contributed by atoms with Crippen LogP contribution in [0.25, 0.3) is 0 Å². The zero-order valence-electron chi connectivity index (χ0n) is 16.5. The van der Waals surface area contributed by atoms with Crippen molar-refractivity contribution < 1.29 is 9.59 Å². The SMILES string of the molecule is C=CCNC(=O)C1CC(c2ccc(CC)cc2)CN(C(=O)C2CCCC2)C1. The maximum Gasteiger partial charge on any atom is 0.225 e. The molecular weight excluding hydrogens is 336 g/mol. The van der Waals surface area contributed by atoms with Crippen LogP contribution >= 0.6 is 0 Å². The van der Waals surface area contributed by atoms with Crippen molar-refractivity contribution in [3.8, 4) is 0 Å². The van der Waals surface area contributed by atoms with Crippen LogP contribution in [0.2, 0.25) is 0 Å². The van der Waals surface area contributed by atoms with Crippen molar-refractivity contribution in [2.75, 3.05) is 19.6 Å². The van der Waals surface area contributed by atoms with Crippen molar-refractivity contribution in [1.82, 2.24) is 10.2 Å². The van der Waals surface area contributed by atoms with Gasteiger partial charge in [-0.25, -0.2) is 0 Å². The summed E-state index contributed by atoms with van der Waals surface area (Å²) in [7, 11) is 0. The zero-order chi connectivity index (χ0) is 19.2. The van der Waals surface area contributed by atoms with E-state index in [-0.39, 0.29) is 29.6 Å². The van der Waals surface area contributed by atoms with E-state index in [9.17, 15) is 9.59 Å². The van der Waals surface area contributed by atoms with Gasteiger partial charge in [-0.15, -0.1) is 6.58 Å². The van der Waals surface area contributed by atoms with Crippen LogP contribution in [-0.2, 0) is 16.0 Å². The Morgan fingerprint density at radius 1 is 1.15 bits per heavy atom. The lowest BCUT2D eigenvalue weighted by Crippen LogP contribution is -2.49. The number of hydrogen-bond acceptors (Lipinski definition) is 2. The molecule has 1 aliphatic heterocycles. The van der Waals surface area contributed by atoms with Crippen LogP contribution in [-0.4, -0.2) is 36.3 Å². The topological polar surface area (TPSA) is 49.4 Å². The highest BCUT2D eigenvalue weighted by Gasteiger charge is 2.37. The molecule has 2 aliphatic rings. The Morgan fingerprint density at radius 3 is 2.48 bits per heavy atom. The fourth-order valence-corrected chi connectivity index (χ4v) is 4.48. The van der Waals surface area contributed by atoms with Crippen molar-refractivity contribution >= 4 is 11.8 Å². The third-order valence-corrected chi connectivity index (χ3v) is 6.12. The van der Waals surface area contributed by atoms with E-state index in [1.54, 1.807) is 6.08 Å². The molecule has 4 heteroatoms. The Kier molecular flexibility index (Phi) is 6.70. The number of nitrogens with one attached hydrogen (secondary N) is 1. The van der Waals surface area contributed by atoms with E-state index in [1.807, 2.05) is 4.90 Å². The fourth-order valence-electron chi connectivity index (χ4n) is 4.48. The molecule has 1 saturated heterocycles. The van der Waals surface area contributed by atoms with Gasteiger partial charge in [0.1, 0.15) is 0 Å². The Hall–Kier alpha value is -2.10. The molecule has 2 amide bonds. The van der Waals surface area contributed by atoms with Crippen LogP contribution in [0.1, 0.15) is 56.1 Å². The third-order valence-electron chi connectivity index (χ3n) is 6.12. The minimum Gasteiger partial charge on any atom is -0.352 e. The Balaban J connectivity index is 1.77. The van der Waals surface area contributed by atoms with Crippen LogP contribution in [0.4, 0.5) is 0 Å². The van der Waals surface area contributed by atoms with Crippen LogP contribution in [0, 0.1) is 11.8 Å². The first-order valence-corrected chi connectivity index (χ1v) is 10.4. The summed E-state index contributed by atoms with van der Waals surface area (Å²) in [5.41, 5.74) is 2.55. The average molecular weight is 369 g/mol. The molecule has 27 heavy (non-hydrogen) atoms. The maximum absolute atomic E-state index is 13.0. The van der Waals surface area contributed by atoms with Gasteiger partial charge in [0.15, 0.2) is 0 Å². The highest BCUT2D eigenvalue weighted by molar-refractivity contribution is 5.82. The second-order valence-corrected chi connectivity index (χ2v) is 7.98. The lowest BCUT2D eigenvalue weighted by Gasteiger charge is -2.38. The van der Waals surface area contributed by atoms with Crippen LogP contribution in [0.5, 0.6) is 0 Å². The molecule has 0 bridgehead atoms. The van der Waals surface area contributed by atoms with Gasteiger partial charge in [-0.05, 0) is 36.8 Å². The highest BCUT2D eigenvalue weighted by atomic mass is 16.2. The van der Waals surface area contributed by atoms with Gasteiger partial charge in [0.2, 0.25) is 11.8 Å². The first-order chi connectivity index (χ1) is 13.1. The van der Waals surface area contributed by atoms with Gasteiger partial charge in [-0.1, -0.05) is 50.1 Å². The maximum atomic E-state index is 13.0. The number of benzene rings is 1. The van der Waals surface area contributed by atoms with E-state index in [0.717, 1.165) is 45.1 Å². The molecule has 1 saturated carbocycles.